The quantitative estimate of drug-likeness (QED) is 0.852. The largest absolute Gasteiger partial charge is 0.311 e. The van der Waals surface area contributed by atoms with Crippen LogP contribution in [0.3, 0.4) is 0 Å². The molecule has 0 aliphatic carbocycles. The highest BCUT2D eigenvalue weighted by atomic mass is 35.5. The Morgan fingerprint density at radius 3 is 2.56 bits per heavy atom. The molecule has 0 saturated heterocycles. The van der Waals surface area contributed by atoms with E-state index in [-0.39, 0.29) is 5.54 Å². The molecule has 1 aromatic rings. The summed E-state index contributed by atoms with van der Waals surface area (Å²) >= 11 is 5.97. The Balaban J connectivity index is 2.23. The van der Waals surface area contributed by atoms with Gasteiger partial charge in [0.1, 0.15) is 0 Å². The van der Waals surface area contributed by atoms with E-state index in [9.17, 15) is 0 Å². The Bertz CT molecular complexity index is 358. The van der Waals surface area contributed by atoms with E-state index >= 15 is 0 Å². The highest BCUT2D eigenvalue weighted by Crippen LogP contribution is 2.11. The molecule has 0 bridgehead atoms. The molecule has 0 spiro atoms. The molecule has 0 unspecified atom stereocenters. The van der Waals surface area contributed by atoms with Crippen molar-refractivity contribution in [2.45, 2.75) is 32.7 Å². The molecule has 0 fully saturated rings. The first-order valence-electron chi connectivity index (χ1n) is 6.55. The van der Waals surface area contributed by atoms with Crippen LogP contribution in [0, 0.1) is 0 Å². The third kappa shape index (κ3) is 7.00. The SMILES string of the molecule is CN(CCNC(C)(C)C)CCc1cccc(Cl)c1. The maximum Gasteiger partial charge on any atom is 0.0408 e. The second kappa shape index (κ2) is 7.13. The topological polar surface area (TPSA) is 15.3 Å². The lowest BCUT2D eigenvalue weighted by atomic mass is 10.1. The van der Waals surface area contributed by atoms with Gasteiger partial charge in [-0.1, -0.05) is 23.7 Å². The monoisotopic (exact) mass is 268 g/mol. The molecule has 0 radical (unpaired) electrons. The molecule has 0 atom stereocenters. The lowest BCUT2D eigenvalue weighted by Gasteiger charge is -2.23. The lowest BCUT2D eigenvalue weighted by Crippen LogP contribution is -2.40. The predicted molar refractivity (Wildman–Crippen MR) is 80.4 cm³/mol. The van der Waals surface area contributed by atoms with Crippen LogP contribution in [0.25, 0.3) is 0 Å². The first kappa shape index (κ1) is 15.5. The van der Waals surface area contributed by atoms with Gasteiger partial charge < -0.3 is 10.2 Å². The lowest BCUT2D eigenvalue weighted by molar-refractivity contribution is 0.312. The number of hydrogen-bond donors (Lipinski definition) is 1. The van der Waals surface area contributed by atoms with Crippen molar-refractivity contribution in [2.24, 2.45) is 0 Å². The summed E-state index contributed by atoms with van der Waals surface area (Å²) in [6.07, 6.45) is 1.05. The fourth-order valence-corrected chi connectivity index (χ4v) is 1.96. The van der Waals surface area contributed by atoms with Crippen LogP contribution in [0.4, 0.5) is 0 Å². The van der Waals surface area contributed by atoms with E-state index in [4.69, 9.17) is 11.6 Å². The molecule has 18 heavy (non-hydrogen) atoms. The Morgan fingerprint density at radius 1 is 1.22 bits per heavy atom. The summed E-state index contributed by atoms with van der Waals surface area (Å²) in [4.78, 5) is 2.35. The Kier molecular flexibility index (Phi) is 6.13. The van der Waals surface area contributed by atoms with Gasteiger partial charge >= 0.3 is 0 Å². The third-order valence-electron chi connectivity index (χ3n) is 2.82. The van der Waals surface area contributed by atoms with Crippen molar-refractivity contribution >= 4 is 11.6 Å². The van der Waals surface area contributed by atoms with E-state index < -0.39 is 0 Å². The summed E-state index contributed by atoms with van der Waals surface area (Å²) in [6.45, 7) is 9.73. The summed E-state index contributed by atoms with van der Waals surface area (Å²) < 4.78 is 0. The second-order valence-electron chi connectivity index (χ2n) is 5.86. The predicted octanol–water partition coefficient (Wildman–Crippen LogP) is 3.20. The molecule has 0 heterocycles. The second-order valence-corrected chi connectivity index (χ2v) is 6.30. The van der Waals surface area contributed by atoms with Crippen molar-refractivity contribution in [3.8, 4) is 0 Å². The maximum atomic E-state index is 5.97. The van der Waals surface area contributed by atoms with Crippen LogP contribution < -0.4 is 5.32 Å². The summed E-state index contributed by atoms with van der Waals surface area (Å²) in [5.74, 6) is 0. The van der Waals surface area contributed by atoms with Gasteiger partial charge in [-0.3, -0.25) is 0 Å². The van der Waals surface area contributed by atoms with E-state index in [2.05, 4.69) is 44.1 Å². The third-order valence-corrected chi connectivity index (χ3v) is 3.06. The molecule has 102 valence electrons. The summed E-state index contributed by atoms with van der Waals surface area (Å²) in [7, 11) is 2.16. The molecule has 0 amide bonds. The molecule has 0 saturated carbocycles. The van der Waals surface area contributed by atoms with Gasteiger partial charge in [-0.2, -0.15) is 0 Å². The first-order valence-corrected chi connectivity index (χ1v) is 6.93. The zero-order chi connectivity index (χ0) is 13.6. The maximum absolute atomic E-state index is 5.97. The van der Waals surface area contributed by atoms with E-state index in [1.54, 1.807) is 0 Å². The van der Waals surface area contributed by atoms with Crippen molar-refractivity contribution in [3.63, 3.8) is 0 Å². The van der Waals surface area contributed by atoms with Crippen LogP contribution in [0.2, 0.25) is 5.02 Å². The van der Waals surface area contributed by atoms with Gasteiger partial charge in [-0.15, -0.1) is 0 Å². The minimum absolute atomic E-state index is 0.202. The van der Waals surface area contributed by atoms with E-state index in [0.29, 0.717) is 0 Å². The van der Waals surface area contributed by atoms with Crippen LogP contribution in [0.1, 0.15) is 26.3 Å². The van der Waals surface area contributed by atoms with Gasteiger partial charge in [-0.05, 0) is 51.9 Å². The van der Waals surface area contributed by atoms with Gasteiger partial charge in [-0.25, -0.2) is 0 Å². The summed E-state index contributed by atoms with van der Waals surface area (Å²) in [5, 5.41) is 4.32. The smallest absolute Gasteiger partial charge is 0.0408 e. The number of benzene rings is 1. The van der Waals surface area contributed by atoms with Gasteiger partial charge in [0.25, 0.3) is 0 Å². The molecule has 0 aromatic heterocycles. The highest BCUT2D eigenvalue weighted by Gasteiger charge is 2.08. The van der Waals surface area contributed by atoms with E-state index in [1.165, 1.54) is 5.56 Å². The van der Waals surface area contributed by atoms with Crippen molar-refractivity contribution in [1.82, 2.24) is 10.2 Å². The number of nitrogens with one attached hydrogen (secondary N) is 1. The normalized spacial score (nSPS) is 12.1. The molecule has 1 N–H and O–H groups in total. The molecule has 1 aromatic carbocycles. The number of likely N-dealkylation sites (N-methyl/N-ethyl adjacent to an activating group) is 1. The molecule has 1 rings (SSSR count). The molecule has 0 aliphatic rings. The minimum Gasteiger partial charge on any atom is -0.311 e. The Hall–Kier alpha value is -0.570. The fraction of sp³-hybridized carbons (Fsp3) is 0.600. The van der Waals surface area contributed by atoms with Gasteiger partial charge in [0.05, 0.1) is 0 Å². The van der Waals surface area contributed by atoms with Crippen LogP contribution in [-0.4, -0.2) is 37.1 Å². The van der Waals surface area contributed by atoms with Crippen molar-refractivity contribution in [2.75, 3.05) is 26.7 Å². The van der Waals surface area contributed by atoms with Gasteiger partial charge in [0.15, 0.2) is 0 Å². The first-order chi connectivity index (χ1) is 8.37. The van der Waals surface area contributed by atoms with Gasteiger partial charge in [0, 0.05) is 30.2 Å². The average molecular weight is 269 g/mol. The average Bonchev–Trinajstić information content (AvgIpc) is 2.25. The fourth-order valence-electron chi connectivity index (χ4n) is 1.75. The Labute approximate surface area is 116 Å². The van der Waals surface area contributed by atoms with E-state index in [1.807, 2.05) is 18.2 Å². The number of halogens is 1. The molecule has 3 heteroatoms. The van der Waals surface area contributed by atoms with Crippen LogP contribution in [-0.2, 0) is 6.42 Å². The molecule has 0 aliphatic heterocycles. The Morgan fingerprint density at radius 2 is 1.94 bits per heavy atom. The minimum atomic E-state index is 0.202. The summed E-state index contributed by atoms with van der Waals surface area (Å²) in [6, 6.07) is 8.11. The summed E-state index contributed by atoms with van der Waals surface area (Å²) in [5.41, 5.74) is 1.51. The van der Waals surface area contributed by atoms with Gasteiger partial charge in [0.2, 0.25) is 0 Å². The van der Waals surface area contributed by atoms with Crippen LogP contribution in [0.5, 0.6) is 0 Å². The van der Waals surface area contributed by atoms with Crippen molar-refractivity contribution < 1.29 is 0 Å². The molecule has 2 nitrogen and oxygen atoms in total. The molecular formula is C15H25ClN2. The standard InChI is InChI=1S/C15H25ClN2/c1-15(2,3)17-9-11-18(4)10-8-13-6-5-7-14(16)12-13/h5-7,12,17H,8-11H2,1-4H3. The van der Waals surface area contributed by atoms with Crippen molar-refractivity contribution in [3.05, 3.63) is 34.9 Å². The van der Waals surface area contributed by atoms with Crippen molar-refractivity contribution in [1.29, 1.82) is 0 Å². The zero-order valence-corrected chi connectivity index (χ0v) is 12.7. The highest BCUT2D eigenvalue weighted by molar-refractivity contribution is 6.30. The van der Waals surface area contributed by atoms with Crippen LogP contribution >= 0.6 is 11.6 Å². The van der Waals surface area contributed by atoms with Crippen LogP contribution in [0.15, 0.2) is 24.3 Å². The number of hydrogen-bond acceptors (Lipinski definition) is 2. The zero-order valence-electron chi connectivity index (χ0n) is 12.0. The number of rotatable bonds is 6. The number of nitrogens with zero attached hydrogens (tertiary/aromatic N) is 1. The molecular weight excluding hydrogens is 244 g/mol. The van der Waals surface area contributed by atoms with E-state index in [0.717, 1.165) is 31.1 Å².